The largest absolute Gasteiger partial charge is 0.398 e. The molecule has 0 radical (unpaired) electrons. The Bertz CT molecular complexity index is 481. The van der Waals surface area contributed by atoms with E-state index in [2.05, 4.69) is 4.98 Å². The first-order valence-electron chi connectivity index (χ1n) is 4.37. The lowest BCUT2D eigenvalue weighted by Crippen LogP contribution is -1.92. The minimum absolute atomic E-state index is 0.291. The molecule has 0 bridgehead atoms. The summed E-state index contributed by atoms with van der Waals surface area (Å²) < 4.78 is 14.8. The Morgan fingerprint density at radius 2 is 2.27 bits per heavy atom. The highest BCUT2D eigenvalue weighted by Gasteiger charge is 2.06. The Labute approximate surface area is 91.1 Å². The van der Waals surface area contributed by atoms with Crippen molar-refractivity contribution in [2.75, 3.05) is 5.73 Å². The van der Waals surface area contributed by atoms with Gasteiger partial charge in [-0.15, -0.1) is 0 Å². The van der Waals surface area contributed by atoms with Gasteiger partial charge in [0.2, 0.25) is 0 Å². The van der Waals surface area contributed by atoms with Crippen LogP contribution in [0.5, 0.6) is 0 Å². The third-order valence-corrected chi connectivity index (χ3v) is 3.10. The Hall–Kier alpha value is -1.49. The number of nitrogen functional groups attached to an aromatic ring is 1. The average molecular weight is 223 g/mol. The van der Waals surface area contributed by atoms with Gasteiger partial charge in [0.25, 0.3) is 0 Å². The smallest absolute Gasteiger partial charge is 0.172 e. The van der Waals surface area contributed by atoms with Crippen LogP contribution in [0.3, 0.4) is 0 Å². The molecule has 2 aromatic rings. The summed E-state index contributed by atoms with van der Waals surface area (Å²) >= 11 is 1.35. The van der Waals surface area contributed by atoms with Crippen molar-refractivity contribution in [3.8, 4) is 0 Å². The Kier molecular flexibility index (Phi) is 2.64. The van der Waals surface area contributed by atoms with Crippen LogP contribution in [0.2, 0.25) is 0 Å². The van der Waals surface area contributed by atoms with Crippen molar-refractivity contribution in [1.82, 2.24) is 9.55 Å². The maximum Gasteiger partial charge on any atom is 0.172 e. The van der Waals surface area contributed by atoms with Crippen LogP contribution in [0, 0.1) is 5.82 Å². The zero-order chi connectivity index (χ0) is 10.8. The first-order valence-corrected chi connectivity index (χ1v) is 5.18. The van der Waals surface area contributed by atoms with Gasteiger partial charge in [0.15, 0.2) is 5.16 Å². The molecular formula is C10H10FN3S. The molecule has 1 aromatic heterocycles. The van der Waals surface area contributed by atoms with E-state index >= 15 is 0 Å². The number of rotatable bonds is 2. The number of nitrogens with two attached hydrogens (primary N) is 1. The molecule has 5 heteroatoms. The number of aromatic nitrogens is 2. The fourth-order valence-corrected chi connectivity index (χ4v) is 2.02. The van der Waals surface area contributed by atoms with Crippen LogP contribution >= 0.6 is 11.8 Å². The van der Waals surface area contributed by atoms with Gasteiger partial charge in [0.05, 0.1) is 0 Å². The van der Waals surface area contributed by atoms with Gasteiger partial charge >= 0.3 is 0 Å². The van der Waals surface area contributed by atoms with E-state index in [1.165, 1.54) is 23.9 Å². The summed E-state index contributed by atoms with van der Waals surface area (Å²) in [7, 11) is 1.88. The van der Waals surface area contributed by atoms with E-state index in [0.717, 1.165) is 5.16 Å². The summed E-state index contributed by atoms with van der Waals surface area (Å²) in [6.45, 7) is 0. The molecule has 15 heavy (non-hydrogen) atoms. The summed E-state index contributed by atoms with van der Waals surface area (Å²) in [6, 6.07) is 4.31. The normalized spacial score (nSPS) is 10.5. The van der Waals surface area contributed by atoms with E-state index in [-0.39, 0.29) is 5.82 Å². The fraction of sp³-hybridized carbons (Fsp3) is 0.100. The maximum atomic E-state index is 13.0. The topological polar surface area (TPSA) is 43.8 Å². The number of benzene rings is 1. The first-order chi connectivity index (χ1) is 7.16. The monoisotopic (exact) mass is 223 g/mol. The van der Waals surface area contributed by atoms with Crippen molar-refractivity contribution >= 4 is 17.4 Å². The van der Waals surface area contributed by atoms with Gasteiger partial charge in [-0.3, -0.25) is 0 Å². The van der Waals surface area contributed by atoms with Gasteiger partial charge in [-0.25, -0.2) is 9.37 Å². The highest BCUT2D eigenvalue weighted by Crippen LogP contribution is 2.30. The Morgan fingerprint density at radius 1 is 1.47 bits per heavy atom. The SMILES string of the molecule is Cn1ccnc1Sc1cc(F)ccc1N. The van der Waals surface area contributed by atoms with Crippen molar-refractivity contribution in [3.05, 3.63) is 36.4 Å². The number of anilines is 1. The average Bonchev–Trinajstić information content (AvgIpc) is 2.58. The lowest BCUT2D eigenvalue weighted by atomic mass is 10.3. The lowest BCUT2D eigenvalue weighted by molar-refractivity contribution is 0.624. The number of nitrogens with zero attached hydrogens (tertiary/aromatic N) is 2. The first kappa shape index (κ1) is 10.0. The lowest BCUT2D eigenvalue weighted by Gasteiger charge is -2.04. The second-order valence-corrected chi connectivity index (χ2v) is 4.11. The molecule has 0 unspecified atom stereocenters. The number of imidazole rings is 1. The van der Waals surface area contributed by atoms with E-state index in [1.807, 2.05) is 17.8 Å². The van der Waals surface area contributed by atoms with E-state index in [1.54, 1.807) is 12.3 Å². The van der Waals surface area contributed by atoms with Gasteiger partial charge < -0.3 is 10.3 Å². The number of halogens is 1. The molecule has 2 N–H and O–H groups in total. The van der Waals surface area contributed by atoms with E-state index in [9.17, 15) is 4.39 Å². The van der Waals surface area contributed by atoms with Crippen LogP contribution in [0.1, 0.15) is 0 Å². The van der Waals surface area contributed by atoms with Crippen molar-refractivity contribution in [1.29, 1.82) is 0 Å². The molecule has 0 aliphatic heterocycles. The molecule has 78 valence electrons. The zero-order valence-corrected chi connectivity index (χ0v) is 8.96. The van der Waals surface area contributed by atoms with E-state index in [0.29, 0.717) is 10.6 Å². The number of aryl methyl sites for hydroxylation is 1. The predicted molar refractivity (Wildman–Crippen MR) is 58.1 cm³/mol. The van der Waals surface area contributed by atoms with Crippen molar-refractivity contribution < 1.29 is 4.39 Å². The fourth-order valence-electron chi connectivity index (χ4n) is 1.15. The van der Waals surface area contributed by atoms with Crippen LogP contribution in [0.15, 0.2) is 40.6 Å². The highest BCUT2D eigenvalue weighted by atomic mass is 32.2. The van der Waals surface area contributed by atoms with Crippen LogP contribution in [0.4, 0.5) is 10.1 Å². The van der Waals surface area contributed by atoms with Gasteiger partial charge in [-0.05, 0) is 30.0 Å². The third-order valence-electron chi connectivity index (χ3n) is 1.95. The van der Waals surface area contributed by atoms with Gasteiger partial charge in [0, 0.05) is 30.0 Å². The van der Waals surface area contributed by atoms with Gasteiger partial charge in [0.1, 0.15) is 5.82 Å². The molecule has 0 aliphatic rings. The molecule has 3 nitrogen and oxygen atoms in total. The quantitative estimate of drug-likeness (QED) is 0.794. The molecule has 0 spiro atoms. The van der Waals surface area contributed by atoms with Gasteiger partial charge in [-0.1, -0.05) is 0 Å². The predicted octanol–water partition coefficient (Wildman–Crippen LogP) is 2.29. The molecule has 0 amide bonds. The highest BCUT2D eigenvalue weighted by molar-refractivity contribution is 7.99. The zero-order valence-electron chi connectivity index (χ0n) is 8.14. The minimum atomic E-state index is -0.291. The van der Waals surface area contributed by atoms with Crippen molar-refractivity contribution in [2.24, 2.45) is 7.05 Å². The standard InChI is InChI=1S/C10H10FN3S/c1-14-5-4-13-10(14)15-9-6-7(11)2-3-8(9)12/h2-6H,12H2,1H3. The Balaban J connectivity index is 2.32. The summed E-state index contributed by atoms with van der Waals surface area (Å²) in [5.74, 6) is -0.291. The molecule has 2 rings (SSSR count). The third kappa shape index (κ3) is 2.12. The van der Waals surface area contributed by atoms with E-state index in [4.69, 9.17) is 5.73 Å². The Morgan fingerprint density at radius 3 is 2.93 bits per heavy atom. The molecule has 1 heterocycles. The van der Waals surface area contributed by atoms with Crippen molar-refractivity contribution in [3.63, 3.8) is 0 Å². The van der Waals surface area contributed by atoms with Crippen LogP contribution in [-0.4, -0.2) is 9.55 Å². The summed E-state index contributed by atoms with van der Waals surface area (Å²) in [6.07, 6.45) is 3.52. The second-order valence-electron chi connectivity index (χ2n) is 3.10. The molecule has 0 fully saturated rings. The number of hydrogen-bond donors (Lipinski definition) is 1. The van der Waals surface area contributed by atoms with Crippen LogP contribution in [-0.2, 0) is 7.05 Å². The van der Waals surface area contributed by atoms with Gasteiger partial charge in [-0.2, -0.15) is 0 Å². The molecule has 0 aliphatic carbocycles. The molecule has 0 saturated heterocycles. The second kappa shape index (κ2) is 3.94. The van der Waals surface area contributed by atoms with Crippen molar-refractivity contribution in [2.45, 2.75) is 10.1 Å². The van der Waals surface area contributed by atoms with Crippen LogP contribution < -0.4 is 5.73 Å². The molecule has 1 aromatic carbocycles. The van der Waals surface area contributed by atoms with E-state index < -0.39 is 0 Å². The molecule has 0 saturated carbocycles. The maximum absolute atomic E-state index is 13.0. The van der Waals surface area contributed by atoms with Crippen LogP contribution in [0.25, 0.3) is 0 Å². The number of hydrogen-bond acceptors (Lipinski definition) is 3. The summed E-state index contributed by atoms with van der Waals surface area (Å²) in [5, 5.41) is 0.785. The molecule has 0 atom stereocenters. The molecular weight excluding hydrogens is 213 g/mol. The summed E-state index contributed by atoms with van der Waals surface area (Å²) in [5.41, 5.74) is 6.29. The summed E-state index contributed by atoms with van der Waals surface area (Å²) in [4.78, 5) is 4.81. The minimum Gasteiger partial charge on any atom is -0.398 e.